The smallest absolute Gasteiger partial charge is 0.0674 e. The van der Waals surface area contributed by atoms with E-state index < -0.39 is 0 Å². The number of rotatable bonds is 2. The molecule has 1 saturated heterocycles. The predicted octanol–water partition coefficient (Wildman–Crippen LogP) is 3.06. The number of hydrogen-bond donors (Lipinski definition) is 0. The highest BCUT2D eigenvalue weighted by molar-refractivity contribution is 9.10. The summed E-state index contributed by atoms with van der Waals surface area (Å²) < 4.78 is 6.85. The number of nitrogens with zero attached hydrogens (tertiary/aromatic N) is 1. The van der Waals surface area contributed by atoms with E-state index in [0.29, 0.717) is 6.10 Å². The zero-order valence-electron chi connectivity index (χ0n) is 9.66. The van der Waals surface area contributed by atoms with Crippen molar-refractivity contribution in [2.24, 2.45) is 0 Å². The van der Waals surface area contributed by atoms with E-state index in [4.69, 9.17) is 4.74 Å². The minimum Gasteiger partial charge on any atom is -0.377 e. The molecule has 0 N–H and O–H groups in total. The summed E-state index contributed by atoms with van der Waals surface area (Å²) in [5.74, 6) is 0. The lowest BCUT2D eigenvalue weighted by atomic mass is 10.2. The molecular weight excluding hydrogens is 266 g/mol. The summed E-state index contributed by atoms with van der Waals surface area (Å²) in [5, 5.41) is 0. The molecule has 0 saturated carbocycles. The average molecular weight is 284 g/mol. The number of hydrogen-bond acceptors (Lipinski definition) is 2. The van der Waals surface area contributed by atoms with Crippen molar-refractivity contribution in [1.29, 1.82) is 0 Å². The standard InChI is InChI=1S/C13H18BrNO/c1-11-9-15(7-4-8-16-11)10-12-5-2-3-6-13(12)14/h2-3,5-6,11H,4,7-10H2,1H3. The summed E-state index contributed by atoms with van der Waals surface area (Å²) in [6, 6.07) is 8.44. The van der Waals surface area contributed by atoms with Crippen molar-refractivity contribution in [3.8, 4) is 0 Å². The molecule has 1 unspecified atom stereocenters. The lowest BCUT2D eigenvalue weighted by Gasteiger charge is -2.22. The summed E-state index contributed by atoms with van der Waals surface area (Å²) in [6.45, 7) is 6.22. The van der Waals surface area contributed by atoms with Gasteiger partial charge in [0.1, 0.15) is 0 Å². The van der Waals surface area contributed by atoms with Crippen LogP contribution in [0.2, 0.25) is 0 Å². The van der Waals surface area contributed by atoms with Crippen molar-refractivity contribution in [2.45, 2.75) is 26.0 Å². The van der Waals surface area contributed by atoms with Crippen LogP contribution in [0.15, 0.2) is 28.7 Å². The van der Waals surface area contributed by atoms with Crippen LogP contribution in [0, 0.1) is 0 Å². The van der Waals surface area contributed by atoms with Crippen molar-refractivity contribution in [2.75, 3.05) is 19.7 Å². The van der Waals surface area contributed by atoms with Crippen molar-refractivity contribution < 1.29 is 4.74 Å². The van der Waals surface area contributed by atoms with Crippen LogP contribution in [-0.4, -0.2) is 30.7 Å². The van der Waals surface area contributed by atoms with Gasteiger partial charge >= 0.3 is 0 Å². The first-order chi connectivity index (χ1) is 7.75. The van der Waals surface area contributed by atoms with Crippen LogP contribution in [0.3, 0.4) is 0 Å². The molecular formula is C13H18BrNO. The number of benzene rings is 1. The zero-order chi connectivity index (χ0) is 11.4. The largest absolute Gasteiger partial charge is 0.377 e. The van der Waals surface area contributed by atoms with Gasteiger partial charge in [-0.1, -0.05) is 34.1 Å². The monoisotopic (exact) mass is 283 g/mol. The number of halogens is 1. The quantitative estimate of drug-likeness (QED) is 0.827. The van der Waals surface area contributed by atoms with Crippen molar-refractivity contribution in [3.05, 3.63) is 34.3 Å². The molecule has 1 aliphatic heterocycles. The second-order valence-electron chi connectivity index (χ2n) is 4.36. The van der Waals surface area contributed by atoms with Crippen LogP contribution >= 0.6 is 15.9 Å². The second kappa shape index (κ2) is 5.80. The Morgan fingerprint density at radius 2 is 2.25 bits per heavy atom. The molecule has 2 rings (SSSR count). The van der Waals surface area contributed by atoms with E-state index in [-0.39, 0.29) is 0 Å². The fourth-order valence-corrected chi connectivity index (χ4v) is 2.50. The lowest BCUT2D eigenvalue weighted by Crippen LogP contribution is -2.29. The molecule has 0 spiro atoms. The molecule has 88 valence electrons. The van der Waals surface area contributed by atoms with Gasteiger partial charge in [0.2, 0.25) is 0 Å². The first-order valence-corrected chi connectivity index (χ1v) is 6.62. The van der Waals surface area contributed by atoms with E-state index in [0.717, 1.165) is 32.7 Å². The van der Waals surface area contributed by atoms with Gasteiger partial charge in [-0.05, 0) is 25.0 Å². The molecule has 16 heavy (non-hydrogen) atoms. The van der Waals surface area contributed by atoms with Crippen molar-refractivity contribution in [3.63, 3.8) is 0 Å². The minimum absolute atomic E-state index is 0.352. The maximum Gasteiger partial charge on any atom is 0.0674 e. The van der Waals surface area contributed by atoms with Gasteiger partial charge in [-0.25, -0.2) is 0 Å². The first kappa shape index (κ1) is 12.1. The van der Waals surface area contributed by atoms with Gasteiger partial charge in [-0.2, -0.15) is 0 Å². The Balaban J connectivity index is 2.00. The summed E-state index contributed by atoms with van der Waals surface area (Å²) in [4.78, 5) is 2.47. The molecule has 2 nitrogen and oxygen atoms in total. The summed E-state index contributed by atoms with van der Waals surface area (Å²) in [7, 11) is 0. The third kappa shape index (κ3) is 3.30. The minimum atomic E-state index is 0.352. The molecule has 0 bridgehead atoms. The Morgan fingerprint density at radius 3 is 3.06 bits per heavy atom. The van der Waals surface area contributed by atoms with Gasteiger partial charge in [0.25, 0.3) is 0 Å². The summed E-state index contributed by atoms with van der Waals surface area (Å²) in [5.41, 5.74) is 1.36. The molecule has 1 aromatic rings. The average Bonchev–Trinajstić information content (AvgIpc) is 2.46. The van der Waals surface area contributed by atoms with E-state index in [1.54, 1.807) is 0 Å². The van der Waals surface area contributed by atoms with Gasteiger partial charge in [0.05, 0.1) is 6.10 Å². The van der Waals surface area contributed by atoms with Crippen LogP contribution < -0.4 is 0 Å². The summed E-state index contributed by atoms with van der Waals surface area (Å²) in [6.07, 6.45) is 1.49. The Hall–Kier alpha value is -0.380. The molecule has 1 heterocycles. The van der Waals surface area contributed by atoms with E-state index >= 15 is 0 Å². The van der Waals surface area contributed by atoms with E-state index in [1.165, 1.54) is 10.0 Å². The Morgan fingerprint density at radius 1 is 1.44 bits per heavy atom. The van der Waals surface area contributed by atoms with Crippen LogP contribution in [0.4, 0.5) is 0 Å². The van der Waals surface area contributed by atoms with Crippen LogP contribution in [0.5, 0.6) is 0 Å². The Bertz CT molecular complexity index is 342. The molecule has 1 aliphatic rings. The highest BCUT2D eigenvalue weighted by Crippen LogP contribution is 2.19. The van der Waals surface area contributed by atoms with Crippen LogP contribution in [0.1, 0.15) is 18.9 Å². The van der Waals surface area contributed by atoms with Gasteiger partial charge < -0.3 is 4.74 Å². The molecule has 1 atom stereocenters. The normalized spacial score (nSPS) is 23.0. The molecule has 0 aliphatic carbocycles. The van der Waals surface area contributed by atoms with Crippen molar-refractivity contribution in [1.82, 2.24) is 4.90 Å². The highest BCUT2D eigenvalue weighted by atomic mass is 79.9. The fraction of sp³-hybridized carbons (Fsp3) is 0.538. The number of ether oxygens (including phenoxy) is 1. The predicted molar refractivity (Wildman–Crippen MR) is 69.5 cm³/mol. The van der Waals surface area contributed by atoms with Crippen LogP contribution in [0.25, 0.3) is 0 Å². The molecule has 1 aromatic carbocycles. The van der Waals surface area contributed by atoms with Gasteiger partial charge in [-0.3, -0.25) is 4.90 Å². The molecule has 0 amide bonds. The lowest BCUT2D eigenvalue weighted by molar-refractivity contribution is 0.0668. The third-order valence-electron chi connectivity index (χ3n) is 2.89. The Kier molecular flexibility index (Phi) is 4.38. The maximum absolute atomic E-state index is 5.65. The van der Waals surface area contributed by atoms with E-state index in [9.17, 15) is 0 Å². The van der Waals surface area contributed by atoms with Gasteiger partial charge in [0.15, 0.2) is 0 Å². The Labute approximate surface area is 106 Å². The molecule has 0 aromatic heterocycles. The van der Waals surface area contributed by atoms with Crippen molar-refractivity contribution >= 4 is 15.9 Å². The van der Waals surface area contributed by atoms with Crippen LogP contribution in [-0.2, 0) is 11.3 Å². The SMILES string of the molecule is CC1CN(Cc2ccccc2Br)CCCO1. The van der Waals surface area contributed by atoms with Gasteiger partial charge in [0, 0.05) is 30.7 Å². The summed E-state index contributed by atoms with van der Waals surface area (Å²) >= 11 is 3.60. The first-order valence-electron chi connectivity index (χ1n) is 5.83. The molecule has 3 heteroatoms. The van der Waals surface area contributed by atoms with E-state index in [2.05, 4.69) is 52.0 Å². The van der Waals surface area contributed by atoms with Gasteiger partial charge in [-0.15, -0.1) is 0 Å². The van der Waals surface area contributed by atoms with E-state index in [1.807, 2.05) is 0 Å². The zero-order valence-corrected chi connectivity index (χ0v) is 11.2. The fourth-order valence-electron chi connectivity index (χ4n) is 2.09. The second-order valence-corrected chi connectivity index (χ2v) is 5.22. The topological polar surface area (TPSA) is 12.5 Å². The third-order valence-corrected chi connectivity index (χ3v) is 3.66. The molecule has 1 fully saturated rings. The molecule has 0 radical (unpaired) electrons. The maximum atomic E-state index is 5.65. The highest BCUT2D eigenvalue weighted by Gasteiger charge is 2.15.